The smallest absolute Gasteiger partial charge is 0.273 e. The highest BCUT2D eigenvalue weighted by atomic mass is 16.5. The topological polar surface area (TPSA) is 102 Å². The highest BCUT2D eigenvalue weighted by Gasteiger charge is 2.31. The van der Waals surface area contributed by atoms with E-state index in [1.165, 1.54) is 18.2 Å². The molecule has 4 rings (SSSR count). The maximum atomic E-state index is 12.0. The fraction of sp³-hybridized carbons (Fsp3) is 0.261. The SMILES string of the molecule is CNC(=O)c1nc(-c2cccc(CN[C@@H]3c4ccccc4C[C@@H]3OC)c2)cnc1N. The number of rotatable bonds is 6. The van der Waals surface area contributed by atoms with Crippen LogP contribution in [-0.2, 0) is 17.7 Å². The monoisotopic (exact) mass is 403 g/mol. The molecule has 1 amide bonds. The first-order valence-electron chi connectivity index (χ1n) is 9.88. The number of nitrogen functional groups attached to an aromatic ring is 1. The first-order valence-corrected chi connectivity index (χ1v) is 9.88. The lowest BCUT2D eigenvalue weighted by molar-refractivity contribution is 0.0784. The second-order valence-electron chi connectivity index (χ2n) is 7.30. The molecule has 2 atom stereocenters. The van der Waals surface area contributed by atoms with Gasteiger partial charge in [-0.15, -0.1) is 0 Å². The third kappa shape index (κ3) is 3.90. The zero-order chi connectivity index (χ0) is 21.1. The molecule has 3 aromatic rings. The van der Waals surface area contributed by atoms with Crippen molar-refractivity contribution >= 4 is 11.7 Å². The molecule has 30 heavy (non-hydrogen) atoms. The summed E-state index contributed by atoms with van der Waals surface area (Å²) < 4.78 is 5.71. The van der Waals surface area contributed by atoms with Gasteiger partial charge >= 0.3 is 0 Å². The van der Waals surface area contributed by atoms with E-state index in [2.05, 4.69) is 50.9 Å². The molecule has 0 fully saturated rings. The molecule has 7 heteroatoms. The molecule has 1 aliphatic carbocycles. The highest BCUT2D eigenvalue weighted by Crippen LogP contribution is 2.33. The second-order valence-corrected chi connectivity index (χ2v) is 7.30. The summed E-state index contributed by atoms with van der Waals surface area (Å²) in [5, 5.41) is 6.17. The molecule has 2 aromatic carbocycles. The Labute approximate surface area is 175 Å². The fourth-order valence-electron chi connectivity index (χ4n) is 3.91. The molecule has 0 saturated heterocycles. The summed E-state index contributed by atoms with van der Waals surface area (Å²) in [6.45, 7) is 0.678. The van der Waals surface area contributed by atoms with E-state index in [4.69, 9.17) is 10.5 Å². The zero-order valence-corrected chi connectivity index (χ0v) is 17.1. The summed E-state index contributed by atoms with van der Waals surface area (Å²) in [5.41, 5.74) is 11.1. The van der Waals surface area contributed by atoms with Crippen LogP contribution in [0.5, 0.6) is 0 Å². The van der Waals surface area contributed by atoms with E-state index in [-0.39, 0.29) is 29.6 Å². The van der Waals surface area contributed by atoms with E-state index < -0.39 is 0 Å². The van der Waals surface area contributed by atoms with Gasteiger partial charge in [-0.05, 0) is 22.8 Å². The number of fused-ring (bicyclic) bond motifs is 1. The Hall–Kier alpha value is -3.29. The molecule has 0 spiro atoms. The van der Waals surface area contributed by atoms with Crippen LogP contribution in [0, 0.1) is 0 Å². The lowest BCUT2D eigenvalue weighted by atomic mass is 10.1. The van der Waals surface area contributed by atoms with Gasteiger partial charge in [0.25, 0.3) is 5.91 Å². The number of nitrogens with zero attached hydrogens (tertiary/aromatic N) is 2. The fourth-order valence-corrected chi connectivity index (χ4v) is 3.91. The Morgan fingerprint density at radius 3 is 2.87 bits per heavy atom. The Kier molecular flexibility index (Phi) is 5.74. The number of ether oxygens (including phenoxy) is 1. The minimum absolute atomic E-state index is 0.112. The Morgan fingerprint density at radius 2 is 2.07 bits per heavy atom. The van der Waals surface area contributed by atoms with Gasteiger partial charge in [0.15, 0.2) is 11.5 Å². The first-order chi connectivity index (χ1) is 14.6. The Balaban J connectivity index is 1.54. The molecule has 0 radical (unpaired) electrons. The average molecular weight is 403 g/mol. The molecular weight excluding hydrogens is 378 g/mol. The van der Waals surface area contributed by atoms with Crippen molar-refractivity contribution in [2.75, 3.05) is 19.9 Å². The van der Waals surface area contributed by atoms with Crippen LogP contribution < -0.4 is 16.4 Å². The van der Waals surface area contributed by atoms with Crippen molar-refractivity contribution in [1.29, 1.82) is 0 Å². The quantitative estimate of drug-likeness (QED) is 0.584. The van der Waals surface area contributed by atoms with Gasteiger partial charge in [-0.25, -0.2) is 9.97 Å². The number of nitrogens with one attached hydrogen (secondary N) is 2. The van der Waals surface area contributed by atoms with Crippen molar-refractivity contribution in [2.24, 2.45) is 0 Å². The standard InChI is InChI=1S/C23H25N5O2/c1-25-23(29)21-22(24)27-13-18(28-21)16-8-5-6-14(10-16)12-26-20-17-9-4-3-7-15(17)11-19(20)30-2/h3-10,13,19-20,26H,11-12H2,1-2H3,(H2,24,27)(H,25,29)/t19-,20+/m0/s1. The number of carbonyl (C=O) groups is 1. The van der Waals surface area contributed by atoms with Crippen LogP contribution in [0.15, 0.2) is 54.7 Å². The average Bonchev–Trinajstić information content (AvgIpc) is 3.15. The number of anilines is 1. The molecule has 4 N–H and O–H groups in total. The molecule has 7 nitrogen and oxygen atoms in total. The Morgan fingerprint density at radius 1 is 1.23 bits per heavy atom. The van der Waals surface area contributed by atoms with Crippen LogP contribution >= 0.6 is 0 Å². The molecule has 1 heterocycles. The normalized spacial score (nSPS) is 17.5. The van der Waals surface area contributed by atoms with E-state index in [1.54, 1.807) is 13.3 Å². The van der Waals surface area contributed by atoms with E-state index in [0.29, 0.717) is 12.2 Å². The minimum Gasteiger partial charge on any atom is -0.382 e. The molecule has 0 aliphatic heterocycles. The summed E-state index contributed by atoms with van der Waals surface area (Å²) in [6, 6.07) is 16.6. The van der Waals surface area contributed by atoms with E-state index >= 15 is 0 Å². The predicted octanol–water partition coefficient (Wildman–Crippen LogP) is 2.49. The zero-order valence-electron chi connectivity index (χ0n) is 17.1. The largest absolute Gasteiger partial charge is 0.382 e. The summed E-state index contributed by atoms with van der Waals surface area (Å²) in [6.07, 6.45) is 2.61. The van der Waals surface area contributed by atoms with Gasteiger partial charge in [0.2, 0.25) is 0 Å². The molecule has 0 saturated carbocycles. The number of aromatic nitrogens is 2. The van der Waals surface area contributed by atoms with Crippen molar-refractivity contribution in [3.8, 4) is 11.3 Å². The predicted molar refractivity (Wildman–Crippen MR) is 116 cm³/mol. The Bertz CT molecular complexity index is 1070. The van der Waals surface area contributed by atoms with Crippen LogP contribution in [0.2, 0.25) is 0 Å². The lowest BCUT2D eigenvalue weighted by Gasteiger charge is -2.21. The molecule has 1 aliphatic rings. The van der Waals surface area contributed by atoms with Gasteiger partial charge in [0.05, 0.1) is 24.0 Å². The number of benzene rings is 2. The lowest BCUT2D eigenvalue weighted by Crippen LogP contribution is -2.29. The molecule has 154 valence electrons. The summed E-state index contributed by atoms with van der Waals surface area (Å²) in [4.78, 5) is 20.5. The summed E-state index contributed by atoms with van der Waals surface area (Å²) >= 11 is 0. The van der Waals surface area contributed by atoms with Gasteiger partial charge in [0, 0.05) is 32.7 Å². The summed E-state index contributed by atoms with van der Waals surface area (Å²) in [5.74, 6) is -0.244. The van der Waals surface area contributed by atoms with Gasteiger partial charge in [-0.3, -0.25) is 4.79 Å². The number of methoxy groups -OCH3 is 1. The number of carbonyl (C=O) groups excluding carboxylic acids is 1. The van der Waals surface area contributed by atoms with Crippen LogP contribution in [-0.4, -0.2) is 36.1 Å². The first kappa shape index (κ1) is 20.0. The maximum absolute atomic E-state index is 12.0. The summed E-state index contributed by atoms with van der Waals surface area (Å²) in [7, 11) is 3.30. The van der Waals surface area contributed by atoms with E-state index in [9.17, 15) is 4.79 Å². The number of hydrogen-bond acceptors (Lipinski definition) is 6. The number of hydrogen-bond donors (Lipinski definition) is 3. The highest BCUT2D eigenvalue weighted by molar-refractivity contribution is 5.96. The van der Waals surface area contributed by atoms with Crippen molar-refractivity contribution < 1.29 is 9.53 Å². The maximum Gasteiger partial charge on any atom is 0.273 e. The molecule has 1 aromatic heterocycles. The molecule has 0 unspecified atom stereocenters. The number of amides is 1. The van der Waals surface area contributed by atoms with Crippen LogP contribution in [0.3, 0.4) is 0 Å². The van der Waals surface area contributed by atoms with Crippen molar-refractivity contribution in [2.45, 2.75) is 25.1 Å². The third-order valence-electron chi connectivity index (χ3n) is 5.48. The minimum atomic E-state index is -0.356. The van der Waals surface area contributed by atoms with Crippen LogP contribution in [0.1, 0.15) is 33.2 Å². The van der Waals surface area contributed by atoms with Crippen LogP contribution in [0.25, 0.3) is 11.3 Å². The number of nitrogens with two attached hydrogens (primary N) is 1. The van der Waals surface area contributed by atoms with Crippen LogP contribution in [0.4, 0.5) is 5.82 Å². The molecule has 0 bridgehead atoms. The van der Waals surface area contributed by atoms with Crippen molar-refractivity contribution in [1.82, 2.24) is 20.6 Å². The van der Waals surface area contributed by atoms with Gasteiger partial charge < -0.3 is 21.1 Å². The van der Waals surface area contributed by atoms with E-state index in [0.717, 1.165) is 17.5 Å². The van der Waals surface area contributed by atoms with E-state index in [1.807, 2.05) is 18.2 Å². The molecular formula is C23H25N5O2. The third-order valence-corrected chi connectivity index (χ3v) is 5.48. The van der Waals surface area contributed by atoms with Crippen molar-refractivity contribution in [3.63, 3.8) is 0 Å². The van der Waals surface area contributed by atoms with Gasteiger partial charge in [-0.1, -0.05) is 42.5 Å². The van der Waals surface area contributed by atoms with Crippen molar-refractivity contribution in [3.05, 3.63) is 77.1 Å². The van der Waals surface area contributed by atoms with Gasteiger partial charge in [0.1, 0.15) is 0 Å². The second kappa shape index (κ2) is 8.61. The van der Waals surface area contributed by atoms with Gasteiger partial charge in [-0.2, -0.15) is 0 Å².